The van der Waals surface area contributed by atoms with Crippen molar-refractivity contribution in [1.82, 2.24) is 5.32 Å². The molecule has 1 amide bonds. The minimum Gasteiger partial charge on any atom is -0.448 e. The van der Waals surface area contributed by atoms with Gasteiger partial charge in [0.2, 0.25) is 0 Å². The number of nitrogens with two attached hydrogens (primary N) is 2. The molecule has 0 atom stereocenters. The molecule has 0 aliphatic carbocycles. The zero-order valence-electron chi connectivity index (χ0n) is 6.51. The van der Waals surface area contributed by atoms with Crippen LogP contribution in [0.1, 0.15) is 6.42 Å². The summed E-state index contributed by atoms with van der Waals surface area (Å²) >= 11 is 0. The number of carbonyl (C=O) groups is 1. The van der Waals surface area contributed by atoms with Crippen molar-refractivity contribution in [3.63, 3.8) is 0 Å². The number of nitrogens with one attached hydrogen (secondary N) is 1. The average molecular weight is 161 g/mol. The highest BCUT2D eigenvalue weighted by Crippen LogP contribution is 1.72. The summed E-state index contributed by atoms with van der Waals surface area (Å²) in [6, 6.07) is 0. The smallest absolute Gasteiger partial charge is 0.404 e. The van der Waals surface area contributed by atoms with Crippen LogP contribution in [0.3, 0.4) is 0 Å². The van der Waals surface area contributed by atoms with Crippen LogP contribution in [0.4, 0.5) is 4.79 Å². The highest BCUT2D eigenvalue weighted by molar-refractivity contribution is 5.64. The topological polar surface area (TPSA) is 90.4 Å². The van der Waals surface area contributed by atoms with Gasteiger partial charge in [-0.1, -0.05) is 0 Å². The fraction of sp³-hybridized carbons (Fsp3) is 0.833. The van der Waals surface area contributed by atoms with Crippen molar-refractivity contribution in [3.05, 3.63) is 0 Å². The second-order valence-corrected chi connectivity index (χ2v) is 2.06. The Morgan fingerprint density at radius 3 is 2.73 bits per heavy atom. The van der Waals surface area contributed by atoms with Gasteiger partial charge in [0.1, 0.15) is 6.61 Å². The van der Waals surface area contributed by atoms with Gasteiger partial charge in [0.15, 0.2) is 0 Å². The summed E-state index contributed by atoms with van der Waals surface area (Å²) in [6.07, 6.45) is 0.196. The van der Waals surface area contributed by atoms with Crippen molar-refractivity contribution in [3.8, 4) is 0 Å². The minimum absolute atomic E-state index is 0.319. The molecule has 66 valence electrons. The SMILES string of the molecule is NCCCNCCOC(N)=O. The predicted molar refractivity (Wildman–Crippen MR) is 42.1 cm³/mol. The van der Waals surface area contributed by atoms with Crippen LogP contribution in [-0.2, 0) is 4.74 Å². The molecule has 0 radical (unpaired) electrons. The number of carbonyl (C=O) groups excluding carboxylic acids is 1. The van der Waals surface area contributed by atoms with Gasteiger partial charge in [-0.25, -0.2) is 4.79 Å². The third kappa shape index (κ3) is 9.19. The van der Waals surface area contributed by atoms with E-state index < -0.39 is 6.09 Å². The first-order valence-electron chi connectivity index (χ1n) is 3.60. The third-order valence-electron chi connectivity index (χ3n) is 1.08. The zero-order chi connectivity index (χ0) is 8.53. The zero-order valence-corrected chi connectivity index (χ0v) is 6.51. The predicted octanol–water partition coefficient (Wildman–Crippen LogP) is -0.980. The van der Waals surface area contributed by atoms with Crippen molar-refractivity contribution < 1.29 is 9.53 Å². The third-order valence-corrected chi connectivity index (χ3v) is 1.08. The normalized spacial score (nSPS) is 9.55. The monoisotopic (exact) mass is 161 g/mol. The van der Waals surface area contributed by atoms with Gasteiger partial charge >= 0.3 is 6.09 Å². The molecule has 0 saturated carbocycles. The lowest BCUT2D eigenvalue weighted by atomic mass is 10.4. The molecule has 11 heavy (non-hydrogen) atoms. The number of hydrogen-bond donors (Lipinski definition) is 3. The summed E-state index contributed by atoms with van der Waals surface area (Å²) < 4.78 is 4.47. The lowest BCUT2D eigenvalue weighted by molar-refractivity contribution is 0.157. The minimum atomic E-state index is -0.731. The maximum Gasteiger partial charge on any atom is 0.404 e. The van der Waals surface area contributed by atoms with E-state index >= 15 is 0 Å². The molecule has 5 nitrogen and oxygen atoms in total. The van der Waals surface area contributed by atoms with E-state index in [2.05, 4.69) is 10.1 Å². The molecule has 0 unspecified atom stereocenters. The Morgan fingerprint density at radius 2 is 2.18 bits per heavy atom. The molecule has 0 fully saturated rings. The molecule has 0 bridgehead atoms. The summed E-state index contributed by atoms with van der Waals surface area (Å²) in [5.41, 5.74) is 9.97. The lowest BCUT2D eigenvalue weighted by Crippen LogP contribution is -2.25. The first-order chi connectivity index (χ1) is 5.27. The van der Waals surface area contributed by atoms with Gasteiger partial charge in [-0.2, -0.15) is 0 Å². The molecule has 5 heteroatoms. The van der Waals surface area contributed by atoms with Crippen molar-refractivity contribution in [2.24, 2.45) is 11.5 Å². The number of primary amides is 1. The van der Waals surface area contributed by atoms with Crippen LogP contribution in [0.5, 0.6) is 0 Å². The highest BCUT2D eigenvalue weighted by Gasteiger charge is 1.91. The van der Waals surface area contributed by atoms with Gasteiger partial charge in [-0.15, -0.1) is 0 Å². The standard InChI is InChI=1S/C6H15N3O2/c7-2-1-3-9-4-5-11-6(8)10/h9H,1-5,7H2,(H2,8,10). The average Bonchev–Trinajstić information content (AvgIpc) is 1.96. The second-order valence-electron chi connectivity index (χ2n) is 2.06. The van der Waals surface area contributed by atoms with Gasteiger partial charge in [0.25, 0.3) is 0 Å². The van der Waals surface area contributed by atoms with Gasteiger partial charge in [0.05, 0.1) is 0 Å². The highest BCUT2D eigenvalue weighted by atomic mass is 16.5. The van der Waals surface area contributed by atoms with E-state index in [-0.39, 0.29) is 0 Å². The van der Waals surface area contributed by atoms with Crippen molar-refractivity contribution in [1.29, 1.82) is 0 Å². The first kappa shape index (κ1) is 10.2. The van der Waals surface area contributed by atoms with E-state index in [1.165, 1.54) is 0 Å². The van der Waals surface area contributed by atoms with Crippen LogP contribution in [0.2, 0.25) is 0 Å². The molecule has 0 rings (SSSR count). The molecular formula is C6H15N3O2. The second kappa shape index (κ2) is 7.30. The van der Waals surface area contributed by atoms with Gasteiger partial charge in [-0.3, -0.25) is 0 Å². The molecule has 0 aromatic rings. The lowest BCUT2D eigenvalue weighted by Gasteiger charge is -2.02. The molecule has 0 aliphatic heterocycles. The maximum atomic E-state index is 10.0. The molecular weight excluding hydrogens is 146 g/mol. The van der Waals surface area contributed by atoms with Crippen molar-refractivity contribution >= 4 is 6.09 Å². The Kier molecular flexibility index (Phi) is 6.76. The van der Waals surface area contributed by atoms with E-state index in [4.69, 9.17) is 11.5 Å². The fourth-order valence-corrected chi connectivity index (χ4v) is 0.576. The van der Waals surface area contributed by atoms with Gasteiger partial charge in [-0.05, 0) is 19.5 Å². The van der Waals surface area contributed by atoms with Crippen LogP contribution in [0, 0.1) is 0 Å². The molecule has 5 N–H and O–H groups in total. The van der Waals surface area contributed by atoms with Crippen LogP contribution >= 0.6 is 0 Å². The van der Waals surface area contributed by atoms with Crippen LogP contribution in [0.15, 0.2) is 0 Å². The Bertz CT molecular complexity index is 108. The molecule has 0 saturated heterocycles. The number of ether oxygens (including phenoxy) is 1. The van der Waals surface area contributed by atoms with Crippen LogP contribution in [0.25, 0.3) is 0 Å². The summed E-state index contributed by atoms with van der Waals surface area (Å²) in [5.74, 6) is 0. The Morgan fingerprint density at radius 1 is 1.45 bits per heavy atom. The molecule has 0 aliphatic rings. The molecule has 0 heterocycles. The van der Waals surface area contributed by atoms with E-state index in [1.54, 1.807) is 0 Å². The number of hydrogen-bond acceptors (Lipinski definition) is 4. The molecule has 0 aromatic heterocycles. The van der Waals surface area contributed by atoms with Crippen molar-refractivity contribution in [2.45, 2.75) is 6.42 Å². The Balaban J connectivity index is 2.85. The first-order valence-corrected chi connectivity index (χ1v) is 3.60. The van der Waals surface area contributed by atoms with E-state index in [0.29, 0.717) is 19.7 Å². The van der Waals surface area contributed by atoms with Crippen molar-refractivity contribution in [2.75, 3.05) is 26.2 Å². The Hall–Kier alpha value is -0.810. The van der Waals surface area contributed by atoms with Gasteiger partial charge in [0, 0.05) is 6.54 Å². The number of rotatable bonds is 6. The van der Waals surface area contributed by atoms with E-state index in [9.17, 15) is 4.79 Å². The van der Waals surface area contributed by atoms with Crippen LogP contribution in [-0.4, -0.2) is 32.3 Å². The quantitative estimate of drug-likeness (QED) is 0.437. The number of amides is 1. The Labute approximate surface area is 66.1 Å². The van der Waals surface area contributed by atoms with E-state index in [0.717, 1.165) is 13.0 Å². The van der Waals surface area contributed by atoms with Crippen LogP contribution < -0.4 is 16.8 Å². The van der Waals surface area contributed by atoms with Gasteiger partial charge < -0.3 is 21.5 Å². The van der Waals surface area contributed by atoms with E-state index in [1.807, 2.05) is 0 Å². The fourth-order valence-electron chi connectivity index (χ4n) is 0.576. The summed E-state index contributed by atoms with van der Waals surface area (Å²) in [5, 5.41) is 3.03. The molecule has 0 spiro atoms. The summed E-state index contributed by atoms with van der Waals surface area (Å²) in [6.45, 7) is 2.46. The molecule has 0 aromatic carbocycles. The largest absolute Gasteiger partial charge is 0.448 e. The maximum absolute atomic E-state index is 10.0. The summed E-state index contributed by atoms with van der Waals surface area (Å²) in [7, 11) is 0. The summed E-state index contributed by atoms with van der Waals surface area (Å²) in [4.78, 5) is 10.0.